The highest BCUT2D eigenvalue weighted by molar-refractivity contribution is 6.44. The highest BCUT2D eigenvalue weighted by atomic mass is 35.5. The van der Waals surface area contributed by atoms with Crippen LogP contribution in [-0.2, 0) is 4.74 Å². The summed E-state index contributed by atoms with van der Waals surface area (Å²) in [6.07, 6.45) is -3.87. The van der Waals surface area contributed by atoms with Gasteiger partial charge in [-0.3, -0.25) is 0 Å². The van der Waals surface area contributed by atoms with Crippen molar-refractivity contribution in [1.82, 2.24) is 0 Å². The number of rotatable bonds is 6. The Kier molecular flexibility index (Phi) is 7.69. The van der Waals surface area contributed by atoms with Crippen LogP contribution in [0.5, 0.6) is 5.75 Å². The van der Waals surface area contributed by atoms with E-state index in [-0.39, 0.29) is 18.0 Å². The molecule has 156 valence electrons. The summed E-state index contributed by atoms with van der Waals surface area (Å²) in [5.74, 6) is -2.86. The van der Waals surface area contributed by atoms with Crippen molar-refractivity contribution < 1.29 is 31.8 Å². The highest BCUT2D eigenvalue weighted by Gasteiger charge is 2.40. The second-order valence-corrected chi connectivity index (χ2v) is 6.47. The summed E-state index contributed by atoms with van der Waals surface area (Å²) in [5.41, 5.74) is -0.603. The van der Waals surface area contributed by atoms with E-state index in [4.69, 9.17) is 27.9 Å². The van der Waals surface area contributed by atoms with Gasteiger partial charge in [0.25, 0.3) is 0 Å². The normalized spacial score (nSPS) is 12.1. The summed E-state index contributed by atoms with van der Waals surface area (Å²) in [6, 6.07) is 6.94. The van der Waals surface area contributed by atoms with E-state index in [0.29, 0.717) is 0 Å². The predicted octanol–water partition coefficient (Wildman–Crippen LogP) is 5.76. The summed E-state index contributed by atoms with van der Waals surface area (Å²) in [4.78, 5) is 13.5. The zero-order chi connectivity index (χ0) is 21.6. The van der Waals surface area contributed by atoms with Crippen LogP contribution in [0.2, 0.25) is 0 Å². The minimum Gasteiger partial charge on any atom is -0.477 e. The summed E-state index contributed by atoms with van der Waals surface area (Å²) < 4.78 is 64.3. The largest absolute Gasteiger partial charge is 0.477 e. The molecule has 0 aliphatic heterocycles. The van der Waals surface area contributed by atoms with E-state index in [9.17, 15) is 22.4 Å². The monoisotopic (exact) mass is 452 g/mol. The minimum atomic E-state index is -3.87. The Labute approximate surface area is 173 Å². The van der Waals surface area contributed by atoms with E-state index in [1.165, 1.54) is 25.1 Å². The van der Waals surface area contributed by atoms with Crippen molar-refractivity contribution >= 4 is 40.8 Å². The number of aliphatic imine (C=N–C) groups is 1. The number of ether oxygens (including phenoxy) is 2. The molecule has 1 N–H and O–H groups in total. The Morgan fingerprint density at radius 3 is 2.38 bits per heavy atom. The average Bonchev–Trinajstić information content (AvgIpc) is 2.61. The molecule has 0 fully saturated rings. The van der Waals surface area contributed by atoms with Crippen LogP contribution in [0.4, 0.5) is 28.0 Å². The van der Waals surface area contributed by atoms with Gasteiger partial charge in [0.05, 0.1) is 6.61 Å². The minimum absolute atomic E-state index is 0.0117. The number of carbonyl (C=O) groups is 1. The number of alkyl halides is 4. The van der Waals surface area contributed by atoms with Crippen LogP contribution in [0.1, 0.15) is 12.5 Å². The fraction of sp³-hybridized carbons (Fsp3) is 0.222. The molecule has 2 aromatic rings. The van der Waals surface area contributed by atoms with Gasteiger partial charge in [0.1, 0.15) is 22.9 Å². The number of nitrogens with one attached hydrogen (secondary N) is 1. The lowest BCUT2D eigenvalue weighted by molar-refractivity contribution is -0.163. The van der Waals surface area contributed by atoms with Crippen LogP contribution in [0.25, 0.3) is 0 Å². The molecule has 0 unspecified atom stereocenters. The molecule has 0 bridgehead atoms. The maximum Gasteiger partial charge on any atom is 0.428 e. The van der Waals surface area contributed by atoms with Crippen LogP contribution in [0.3, 0.4) is 0 Å². The number of nitrogens with zero attached hydrogens (tertiary/aromatic N) is 1. The molecule has 0 saturated carbocycles. The van der Waals surface area contributed by atoms with Gasteiger partial charge in [-0.15, -0.1) is 0 Å². The number of halogens is 6. The topological polar surface area (TPSA) is 59.9 Å². The average molecular weight is 453 g/mol. The summed E-state index contributed by atoms with van der Waals surface area (Å²) >= 11 is 10.3. The van der Waals surface area contributed by atoms with Crippen LogP contribution in [0.15, 0.2) is 47.5 Å². The Morgan fingerprint density at radius 2 is 1.79 bits per heavy atom. The van der Waals surface area contributed by atoms with E-state index in [0.717, 1.165) is 24.3 Å². The number of hydrogen-bond acceptors (Lipinski definition) is 3. The fourth-order valence-electron chi connectivity index (χ4n) is 2.08. The standard InChI is InChI=1S/C18H14Cl2F4N2O3/c1-2-28-15(14-12(21)7-4-8-13(14)22)26-17(27)25-10-5-3-6-11(9-10)29-18(23,24)16(19)20/h3-9,16H,2H2,1H3,(H,25,27)/b26-15-. The van der Waals surface area contributed by atoms with Crippen molar-refractivity contribution in [2.75, 3.05) is 11.9 Å². The van der Waals surface area contributed by atoms with Gasteiger partial charge in [0.15, 0.2) is 0 Å². The summed E-state index contributed by atoms with van der Waals surface area (Å²) in [7, 11) is 0. The van der Waals surface area contributed by atoms with Crippen LogP contribution >= 0.6 is 23.2 Å². The third-order valence-electron chi connectivity index (χ3n) is 3.25. The number of carbonyl (C=O) groups excluding carboxylic acids is 1. The summed E-state index contributed by atoms with van der Waals surface area (Å²) in [5, 5.41) is 2.25. The molecule has 0 spiro atoms. The molecule has 29 heavy (non-hydrogen) atoms. The van der Waals surface area contributed by atoms with Gasteiger partial charge < -0.3 is 14.8 Å². The second kappa shape index (κ2) is 9.80. The van der Waals surface area contributed by atoms with Gasteiger partial charge >= 0.3 is 12.1 Å². The molecule has 2 rings (SSSR count). The quantitative estimate of drug-likeness (QED) is 0.262. The summed E-state index contributed by atoms with van der Waals surface area (Å²) in [6.45, 7) is 1.52. The third-order valence-corrected chi connectivity index (χ3v) is 3.76. The lowest BCUT2D eigenvalue weighted by atomic mass is 10.2. The van der Waals surface area contributed by atoms with Gasteiger partial charge in [0, 0.05) is 11.8 Å². The van der Waals surface area contributed by atoms with E-state index < -0.39 is 40.1 Å². The van der Waals surface area contributed by atoms with Crippen molar-refractivity contribution in [1.29, 1.82) is 0 Å². The Morgan fingerprint density at radius 1 is 1.17 bits per heavy atom. The maximum absolute atomic E-state index is 13.9. The van der Waals surface area contributed by atoms with Crippen LogP contribution < -0.4 is 10.1 Å². The Bertz CT molecular complexity index is 890. The molecule has 0 aromatic heterocycles. The first-order valence-corrected chi connectivity index (χ1v) is 8.93. The molecule has 0 aliphatic carbocycles. The molecule has 0 heterocycles. The van der Waals surface area contributed by atoms with Crippen molar-refractivity contribution in [2.24, 2.45) is 4.99 Å². The smallest absolute Gasteiger partial charge is 0.428 e. The van der Waals surface area contributed by atoms with Crippen LogP contribution in [-0.4, -0.2) is 29.5 Å². The number of amides is 2. The molecular formula is C18H14Cl2F4N2O3. The number of urea groups is 1. The molecule has 5 nitrogen and oxygen atoms in total. The van der Waals surface area contributed by atoms with Gasteiger partial charge in [-0.2, -0.15) is 13.8 Å². The van der Waals surface area contributed by atoms with E-state index in [1.807, 2.05) is 0 Å². The lowest BCUT2D eigenvalue weighted by Gasteiger charge is -2.19. The molecule has 2 aromatic carbocycles. The van der Waals surface area contributed by atoms with Crippen molar-refractivity contribution in [2.45, 2.75) is 17.9 Å². The number of benzene rings is 2. The van der Waals surface area contributed by atoms with Crippen LogP contribution in [0, 0.1) is 11.6 Å². The van der Waals surface area contributed by atoms with Gasteiger partial charge in [-0.05, 0) is 31.2 Å². The number of anilines is 1. The van der Waals surface area contributed by atoms with E-state index >= 15 is 0 Å². The maximum atomic E-state index is 13.9. The third kappa shape index (κ3) is 6.23. The molecule has 0 atom stereocenters. The fourth-order valence-corrected chi connectivity index (χ4v) is 2.17. The first kappa shape index (κ1) is 22.8. The van der Waals surface area contributed by atoms with Gasteiger partial charge in [0.2, 0.25) is 10.7 Å². The zero-order valence-electron chi connectivity index (χ0n) is 14.8. The molecular weight excluding hydrogens is 439 g/mol. The lowest BCUT2D eigenvalue weighted by Crippen LogP contribution is -2.32. The van der Waals surface area contributed by atoms with E-state index in [2.05, 4.69) is 15.0 Å². The van der Waals surface area contributed by atoms with Crippen molar-refractivity contribution in [3.63, 3.8) is 0 Å². The number of hydrogen-bond donors (Lipinski definition) is 1. The molecule has 11 heteroatoms. The zero-order valence-corrected chi connectivity index (χ0v) is 16.3. The van der Waals surface area contributed by atoms with Gasteiger partial charge in [-0.25, -0.2) is 13.6 Å². The first-order valence-electron chi connectivity index (χ1n) is 8.06. The predicted molar refractivity (Wildman–Crippen MR) is 101 cm³/mol. The second-order valence-electron chi connectivity index (χ2n) is 5.37. The Balaban J connectivity index is 2.23. The molecule has 0 radical (unpaired) electrons. The first-order chi connectivity index (χ1) is 13.6. The molecule has 0 saturated heterocycles. The Hall–Kier alpha value is -2.52. The highest BCUT2D eigenvalue weighted by Crippen LogP contribution is 2.31. The molecule has 0 aliphatic rings. The van der Waals surface area contributed by atoms with Crippen molar-refractivity contribution in [3.8, 4) is 5.75 Å². The van der Waals surface area contributed by atoms with Crippen molar-refractivity contribution in [3.05, 3.63) is 59.7 Å². The SMILES string of the molecule is CCO/C(=N\C(=O)Nc1cccc(OC(F)(F)C(Cl)Cl)c1)c1c(F)cccc1F. The van der Waals surface area contributed by atoms with Gasteiger partial charge in [-0.1, -0.05) is 35.3 Å². The van der Waals surface area contributed by atoms with E-state index in [1.54, 1.807) is 0 Å². The molecule has 2 amide bonds.